The van der Waals surface area contributed by atoms with Crippen molar-refractivity contribution in [2.24, 2.45) is 0 Å². The SMILES string of the molecule is CCSc1ccc(Cc2nnc(NC(=O)COc3ccc4ccccc4c3)o2)cc1. The molecular formula is C23H21N3O3S. The highest BCUT2D eigenvalue weighted by Gasteiger charge is 2.11. The number of hydrogen-bond acceptors (Lipinski definition) is 6. The summed E-state index contributed by atoms with van der Waals surface area (Å²) in [6, 6.07) is 22.0. The number of benzene rings is 3. The Labute approximate surface area is 178 Å². The van der Waals surface area contributed by atoms with E-state index < -0.39 is 0 Å². The van der Waals surface area contributed by atoms with E-state index in [0.29, 0.717) is 18.1 Å². The highest BCUT2D eigenvalue weighted by atomic mass is 32.2. The molecule has 4 rings (SSSR count). The number of nitrogens with zero attached hydrogens (tertiary/aromatic N) is 2. The van der Waals surface area contributed by atoms with Gasteiger partial charge in [0.15, 0.2) is 6.61 Å². The monoisotopic (exact) mass is 419 g/mol. The Morgan fingerprint density at radius 1 is 1.03 bits per heavy atom. The third kappa shape index (κ3) is 5.18. The average molecular weight is 420 g/mol. The molecule has 0 aliphatic heterocycles. The van der Waals surface area contributed by atoms with Crippen molar-refractivity contribution in [1.29, 1.82) is 0 Å². The summed E-state index contributed by atoms with van der Waals surface area (Å²) >= 11 is 1.79. The molecule has 7 heteroatoms. The summed E-state index contributed by atoms with van der Waals surface area (Å²) in [6.07, 6.45) is 0.507. The number of nitrogens with one attached hydrogen (secondary N) is 1. The smallest absolute Gasteiger partial charge is 0.322 e. The van der Waals surface area contributed by atoms with E-state index in [0.717, 1.165) is 22.1 Å². The van der Waals surface area contributed by atoms with Gasteiger partial charge in [-0.05, 0) is 46.4 Å². The molecule has 0 spiro atoms. The Morgan fingerprint density at radius 2 is 1.83 bits per heavy atom. The molecule has 1 aromatic heterocycles. The van der Waals surface area contributed by atoms with Gasteiger partial charge in [-0.3, -0.25) is 10.1 Å². The third-order valence-corrected chi connectivity index (χ3v) is 5.29. The average Bonchev–Trinajstić information content (AvgIpc) is 3.20. The summed E-state index contributed by atoms with van der Waals surface area (Å²) < 4.78 is 11.1. The molecule has 4 aromatic rings. The van der Waals surface area contributed by atoms with Crippen LogP contribution in [0.1, 0.15) is 18.4 Å². The van der Waals surface area contributed by atoms with E-state index in [9.17, 15) is 4.79 Å². The van der Waals surface area contributed by atoms with E-state index in [-0.39, 0.29) is 18.5 Å². The predicted octanol–water partition coefficient (Wildman–Crippen LogP) is 4.94. The van der Waals surface area contributed by atoms with Crippen LogP contribution >= 0.6 is 11.8 Å². The second-order valence-corrected chi connectivity index (χ2v) is 7.94. The van der Waals surface area contributed by atoms with E-state index in [1.165, 1.54) is 4.90 Å². The maximum Gasteiger partial charge on any atom is 0.322 e. The summed E-state index contributed by atoms with van der Waals surface area (Å²) in [5.74, 6) is 1.74. The Kier molecular flexibility index (Phi) is 6.29. The summed E-state index contributed by atoms with van der Waals surface area (Å²) in [4.78, 5) is 13.4. The maximum absolute atomic E-state index is 12.1. The first-order chi connectivity index (χ1) is 14.7. The summed E-state index contributed by atoms with van der Waals surface area (Å²) in [6.45, 7) is 1.98. The van der Waals surface area contributed by atoms with E-state index in [1.54, 1.807) is 11.8 Å². The maximum atomic E-state index is 12.1. The lowest BCUT2D eigenvalue weighted by Crippen LogP contribution is -2.20. The Morgan fingerprint density at radius 3 is 2.63 bits per heavy atom. The summed E-state index contributed by atoms with van der Waals surface area (Å²) in [5, 5.41) is 12.6. The van der Waals surface area contributed by atoms with E-state index >= 15 is 0 Å². The van der Waals surface area contributed by atoms with Crippen LogP contribution in [0.4, 0.5) is 6.01 Å². The van der Waals surface area contributed by atoms with Crippen LogP contribution in [0.5, 0.6) is 5.75 Å². The predicted molar refractivity (Wildman–Crippen MR) is 118 cm³/mol. The molecule has 6 nitrogen and oxygen atoms in total. The van der Waals surface area contributed by atoms with Gasteiger partial charge in [-0.1, -0.05) is 54.5 Å². The zero-order valence-electron chi connectivity index (χ0n) is 16.5. The summed E-state index contributed by atoms with van der Waals surface area (Å²) in [5.41, 5.74) is 1.07. The molecule has 0 fully saturated rings. The van der Waals surface area contributed by atoms with Crippen LogP contribution < -0.4 is 10.1 Å². The molecule has 1 N–H and O–H groups in total. The van der Waals surface area contributed by atoms with Crippen molar-refractivity contribution in [2.75, 3.05) is 17.7 Å². The van der Waals surface area contributed by atoms with E-state index in [2.05, 4.69) is 34.6 Å². The Bertz CT molecular complexity index is 1140. The van der Waals surface area contributed by atoms with Crippen molar-refractivity contribution in [3.8, 4) is 5.75 Å². The number of anilines is 1. The largest absolute Gasteiger partial charge is 0.484 e. The molecule has 0 unspecified atom stereocenters. The zero-order chi connectivity index (χ0) is 20.8. The van der Waals surface area contributed by atoms with Crippen LogP contribution in [-0.4, -0.2) is 28.5 Å². The van der Waals surface area contributed by atoms with Gasteiger partial charge in [-0.2, -0.15) is 0 Å². The minimum atomic E-state index is -0.362. The second-order valence-electron chi connectivity index (χ2n) is 6.60. The molecular weight excluding hydrogens is 398 g/mol. The van der Waals surface area contributed by atoms with Crippen molar-refractivity contribution >= 4 is 34.5 Å². The number of aromatic nitrogens is 2. The van der Waals surface area contributed by atoms with Crippen LogP contribution in [0, 0.1) is 0 Å². The van der Waals surface area contributed by atoms with Crippen LogP contribution in [0.15, 0.2) is 76.0 Å². The molecule has 0 aliphatic carbocycles. The van der Waals surface area contributed by atoms with Crippen molar-refractivity contribution in [3.05, 3.63) is 78.2 Å². The Balaban J connectivity index is 1.29. The van der Waals surface area contributed by atoms with Gasteiger partial charge in [-0.25, -0.2) is 0 Å². The fourth-order valence-corrected chi connectivity index (χ4v) is 3.64. The fourth-order valence-electron chi connectivity index (χ4n) is 2.98. The van der Waals surface area contributed by atoms with Gasteiger partial charge in [0.25, 0.3) is 5.91 Å². The van der Waals surface area contributed by atoms with Crippen LogP contribution in [0.2, 0.25) is 0 Å². The number of fused-ring (bicyclic) bond motifs is 1. The minimum absolute atomic E-state index is 0.0651. The molecule has 1 heterocycles. The molecule has 0 aliphatic rings. The highest BCUT2D eigenvalue weighted by Crippen LogP contribution is 2.21. The lowest BCUT2D eigenvalue weighted by Gasteiger charge is -2.06. The number of amides is 1. The Hall–Kier alpha value is -3.32. The van der Waals surface area contributed by atoms with E-state index in [4.69, 9.17) is 9.15 Å². The number of ether oxygens (including phenoxy) is 1. The van der Waals surface area contributed by atoms with Crippen LogP contribution in [-0.2, 0) is 11.2 Å². The van der Waals surface area contributed by atoms with Gasteiger partial charge in [0.1, 0.15) is 5.75 Å². The molecule has 0 saturated carbocycles. The number of carbonyl (C=O) groups is 1. The summed E-state index contributed by atoms with van der Waals surface area (Å²) in [7, 11) is 0. The standard InChI is InChI=1S/C23H21N3O3S/c1-2-30-20-11-7-16(8-12-20)13-22-25-26-23(29-22)24-21(27)15-28-19-10-9-17-5-3-4-6-18(17)14-19/h3-12,14H,2,13,15H2,1H3,(H,24,26,27). The number of thioether (sulfide) groups is 1. The van der Waals surface area contributed by atoms with Gasteiger partial charge in [-0.15, -0.1) is 16.9 Å². The van der Waals surface area contributed by atoms with Gasteiger partial charge in [0.05, 0.1) is 6.42 Å². The van der Waals surface area contributed by atoms with Crippen molar-refractivity contribution in [1.82, 2.24) is 10.2 Å². The fraction of sp³-hybridized carbons (Fsp3) is 0.174. The number of rotatable bonds is 8. The number of hydrogen-bond donors (Lipinski definition) is 1. The van der Waals surface area contributed by atoms with Crippen molar-refractivity contribution in [3.63, 3.8) is 0 Å². The first kappa shape index (κ1) is 20.0. The molecule has 152 valence electrons. The lowest BCUT2D eigenvalue weighted by atomic mass is 10.1. The molecule has 0 radical (unpaired) electrons. The highest BCUT2D eigenvalue weighted by molar-refractivity contribution is 7.99. The first-order valence-corrected chi connectivity index (χ1v) is 10.6. The normalized spacial score (nSPS) is 10.8. The zero-order valence-corrected chi connectivity index (χ0v) is 17.3. The van der Waals surface area contributed by atoms with Crippen molar-refractivity contribution < 1.29 is 13.9 Å². The van der Waals surface area contributed by atoms with E-state index in [1.807, 2.05) is 54.6 Å². The molecule has 30 heavy (non-hydrogen) atoms. The number of carbonyl (C=O) groups excluding carboxylic acids is 1. The van der Waals surface area contributed by atoms with Crippen LogP contribution in [0.25, 0.3) is 10.8 Å². The van der Waals surface area contributed by atoms with Gasteiger partial charge < -0.3 is 9.15 Å². The lowest BCUT2D eigenvalue weighted by molar-refractivity contribution is -0.118. The molecule has 0 bridgehead atoms. The topological polar surface area (TPSA) is 77.2 Å². The molecule has 3 aromatic carbocycles. The molecule has 0 saturated heterocycles. The first-order valence-electron chi connectivity index (χ1n) is 9.65. The quantitative estimate of drug-likeness (QED) is 0.408. The van der Waals surface area contributed by atoms with Gasteiger partial charge in [0.2, 0.25) is 5.89 Å². The molecule has 1 amide bonds. The van der Waals surface area contributed by atoms with Crippen LogP contribution in [0.3, 0.4) is 0 Å². The van der Waals surface area contributed by atoms with Gasteiger partial charge in [0, 0.05) is 4.90 Å². The molecule has 0 atom stereocenters. The van der Waals surface area contributed by atoms with Crippen molar-refractivity contribution in [2.45, 2.75) is 18.2 Å². The third-order valence-electron chi connectivity index (χ3n) is 4.39. The second kappa shape index (κ2) is 9.45. The minimum Gasteiger partial charge on any atom is -0.484 e. The van der Waals surface area contributed by atoms with Gasteiger partial charge >= 0.3 is 6.01 Å².